The Morgan fingerprint density at radius 3 is 2.76 bits per heavy atom. The van der Waals surface area contributed by atoms with Crippen LogP contribution in [0.2, 0.25) is 0 Å². The molecule has 0 aliphatic carbocycles. The standard InChI is InChI=1S/C13H15FN6S/c1-8(2)19-12(16-17-18-19)9-7-15-20(13(9)21)11-6-4-3-5-10(11)14/h3-8,15,17-18H,1-2H3. The molecule has 0 saturated heterocycles. The van der Waals surface area contributed by atoms with E-state index in [-0.39, 0.29) is 11.9 Å². The Balaban J connectivity index is 2.05. The molecule has 2 heterocycles. The van der Waals surface area contributed by atoms with E-state index in [9.17, 15) is 4.39 Å². The van der Waals surface area contributed by atoms with E-state index in [1.165, 1.54) is 10.7 Å². The zero-order valence-corrected chi connectivity index (χ0v) is 12.4. The number of hydrogen-bond acceptors (Lipinski definition) is 5. The quantitative estimate of drug-likeness (QED) is 0.760. The van der Waals surface area contributed by atoms with Gasteiger partial charge in [0.05, 0.1) is 11.3 Å². The maximum atomic E-state index is 13.9. The Hall–Kier alpha value is -2.19. The number of aromatic nitrogens is 2. The molecule has 0 bridgehead atoms. The number of rotatable bonds is 3. The molecule has 0 radical (unpaired) electrons. The van der Waals surface area contributed by atoms with Crippen LogP contribution in [0, 0.1) is 10.5 Å². The number of hydrazone groups is 1. The minimum absolute atomic E-state index is 0.185. The van der Waals surface area contributed by atoms with Crippen molar-refractivity contribution in [3.63, 3.8) is 0 Å². The summed E-state index contributed by atoms with van der Waals surface area (Å²) >= 11 is 5.45. The molecule has 21 heavy (non-hydrogen) atoms. The molecule has 6 nitrogen and oxygen atoms in total. The first-order valence-electron chi connectivity index (χ1n) is 6.53. The van der Waals surface area contributed by atoms with Crippen LogP contribution in [-0.4, -0.2) is 26.7 Å². The molecular formula is C13H15FN6S. The highest BCUT2D eigenvalue weighted by Gasteiger charge is 2.24. The molecule has 8 heteroatoms. The van der Waals surface area contributed by atoms with Gasteiger partial charge < -0.3 is 0 Å². The number of hydrazine groups is 2. The van der Waals surface area contributed by atoms with Crippen LogP contribution in [0.25, 0.3) is 5.69 Å². The Labute approximate surface area is 126 Å². The van der Waals surface area contributed by atoms with Crippen molar-refractivity contribution in [2.75, 3.05) is 0 Å². The van der Waals surface area contributed by atoms with Crippen molar-refractivity contribution < 1.29 is 4.39 Å². The number of H-pyrrole nitrogens is 1. The van der Waals surface area contributed by atoms with Crippen molar-refractivity contribution in [2.45, 2.75) is 19.9 Å². The predicted octanol–water partition coefficient (Wildman–Crippen LogP) is 2.07. The third kappa shape index (κ3) is 2.32. The summed E-state index contributed by atoms with van der Waals surface area (Å²) in [4.78, 5) is 0. The average molecular weight is 306 g/mol. The van der Waals surface area contributed by atoms with E-state index < -0.39 is 0 Å². The molecule has 3 N–H and O–H groups in total. The number of hydrogen-bond donors (Lipinski definition) is 3. The largest absolute Gasteiger partial charge is 0.299 e. The van der Waals surface area contributed by atoms with Crippen LogP contribution in [0.5, 0.6) is 0 Å². The maximum Gasteiger partial charge on any atom is 0.177 e. The Morgan fingerprint density at radius 2 is 2.05 bits per heavy atom. The fourth-order valence-corrected chi connectivity index (χ4v) is 2.45. The first-order chi connectivity index (χ1) is 10.1. The van der Waals surface area contributed by atoms with Gasteiger partial charge in [-0.3, -0.25) is 10.1 Å². The molecule has 0 amide bonds. The van der Waals surface area contributed by atoms with Gasteiger partial charge in [-0.25, -0.2) is 14.6 Å². The number of amidine groups is 1. The van der Waals surface area contributed by atoms with Crippen LogP contribution in [0.3, 0.4) is 0 Å². The number of para-hydroxylation sites is 1. The molecule has 1 aromatic carbocycles. The van der Waals surface area contributed by atoms with Crippen molar-refractivity contribution in [2.24, 2.45) is 5.10 Å². The highest BCUT2D eigenvalue weighted by atomic mass is 32.1. The van der Waals surface area contributed by atoms with Crippen molar-refractivity contribution >= 4 is 18.1 Å². The Morgan fingerprint density at radius 1 is 1.29 bits per heavy atom. The lowest BCUT2D eigenvalue weighted by atomic mass is 10.2. The predicted molar refractivity (Wildman–Crippen MR) is 80.7 cm³/mol. The minimum Gasteiger partial charge on any atom is -0.299 e. The fourth-order valence-electron chi connectivity index (χ4n) is 2.14. The molecular weight excluding hydrogens is 291 g/mol. The number of nitrogens with one attached hydrogen (secondary N) is 3. The van der Waals surface area contributed by atoms with E-state index in [0.29, 0.717) is 16.2 Å². The zero-order chi connectivity index (χ0) is 15.0. The molecule has 1 aromatic heterocycles. The zero-order valence-electron chi connectivity index (χ0n) is 11.6. The average Bonchev–Trinajstić information content (AvgIpc) is 3.06. The molecule has 0 fully saturated rings. The lowest BCUT2D eigenvalue weighted by Gasteiger charge is -2.22. The highest BCUT2D eigenvalue weighted by molar-refractivity contribution is 7.71. The highest BCUT2D eigenvalue weighted by Crippen LogP contribution is 2.17. The van der Waals surface area contributed by atoms with Crippen molar-refractivity contribution in [3.8, 4) is 5.69 Å². The van der Waals surface area contributed by atoms with E-state index in [4.69, 9.17) is 12.2 Å². The van der Waals surface area contributed by atoms with Crippen molar-refractivity contribution in [1.29, 1.82) is 0 Å². The van der Waals surface area contributed by atoms with Gasteiger partial charge in [0.1, 0.15) is 10.5 Å². The second kappa shape index (κ2) is 5.30. The first kappa shape index (κ1) is 13.8. The smallest absolute Gasteiger partial charge is 0.177 e. The van der Waals surface area contributed by atoms with E-state index in [2.05, 4.69) is 21.3 Å². The minimum atomic E-state index is -0.340. The summed E-state index contributed by atoms with van der Waals surface area (Å²) < 4.78 is 15.9. The molecule has 1 aliphatic rings. The molecule has 110 valence electrons. The normalized spacial score (nSPS) is 14.5. The van der Waals surface area contributed by atoms with Gasteiger partial charge in [-0.05, 0) is 26.0 Å². The van der Waals surface area contributed by atoms with Gasteiger partial charge in [0, 0.05) is 12.2 Å². The summed E-state index contributed by atoms with van der Waals surface area (Å²) in [7, 11) is 0. The fraction of sp³-hybridized carbons (Fsp3) is 0.231. The topological polar surface area (TPSA) is 60.4 Å². The number of nitrogens with zero attached hydrogens (tertiary/aromatic N) is 3. The van der Waals surface area contributed by atoms with E-state index in [1.54, 1.807) is 24.4 Å². The molecule has 1 aliphatic heterocycles. The lowest BCUT2D eigenvalue weighted by Crippen LogP contribution is -2.45. The van der Waals surface area contributed by atoms with Gasteiger partial charge in [0.25, 0.3) is 0 Å². The number of halogens is 1. The van der Waals surface area contributed by atoms with Crippen LogP contribution in [0.4, 0.5) is 4.39 Å². The van der Waals surface area contributed by atoms with Crippen molar-refractivity contribution in [3.05, 3.63) is 46.5 Å². The van der Waals surface area contributed by atoms with Gasteiger partial charge in [-0.1, -0.05) is 24.4 Å². The van der Waals surface area contributed by atoms with Gasteiger partial charge >= 0.3 is 0 Å². The Kier molecular flexibility index (Phi) is 3.48. The molecule has 3 rings (SSSR count). The second-order valence-corrected chi connectivity index (χ2v) is 5.29. The van der Waals surface area contributed by atoms with Gasteiger partial charge in [0.15, 0.2) is 5.84 Å². The van der Waals surface area contributed by atoms with Crippen LogP contribution in [0.15, 0.2) is 35.6 Å². The SMILES string of the molecule is CC(C)N1NNN=C1c1c[nH]n(-c2ccccc2F)c1=S. The van der Waals surface area contributed by atoms with E-state index in [0.717, 1.165) is 5.56 Å². The summed E-state index contributed by atoms with van der Waals surface area (Å²) in [5.74, 6) is 0.327. The van der Waals surface area contributed by atoms with Crippen LogP contribution < -0.4 is 11.1 Å². The van der Waals surface area contributed by atoms with Crippen molar-refractivity contribution in [1.82, 2.24) is 25.9 Å². The maximum absolute atomic E-state index is 13.9. The van der Waals surface area contributed by atoms with E-state index >= 15 is 0 Å². The summed E-state index contributed by atoms with van der Waals surface area (Å²) in [6.45, 7) is 4.05. The summed E-state index contributed by atoms with van der Waals surface area (Å²) in [5.41, 5.74) is 6.74. The molecule has 2 aromatic rings. The Bertz CT molecular complexity index is 747. The van der Waals surface area contributed by atoms with E-state index in [1.807, 2.05) is 18.9 Å². The summed E-state index contributed by atoms with van der Waals surface area (Å²) in [5, 5.41) is 9.02. The van der Waals surface area contributed by atoms with Gasteiger partial charge in [-0.15, -0.1) is 10.6 Å². The molecule has 0 spiro atoms. The van der Waals surface area contributed by atoms with Gasteiger partial charge in [0.2, 0.25) is 0 Å². The second-order valence-electron chi connectivity index (χ2n) is 4.90. The molecule has 0 unspecified atom stereocenters. The lowest BCUT2D eigenvalue weighted by molar-refractivity contribution is 0.246. The summed E-state index contributed by atoms with van der Waals surface area (Å²) in [6.07, 6.45) is 1.72. The van der Waals surface area contributed by atoms with Crippen LogP contribution >= 0.6 is 12.2 Å². The van der Waals surface area contributed by atoms with Gasteiger partial charge in [-0.2, -0.15) is 0 Å². The number of aromatic amines is 1. The monoisotopic (exact) mass is 306 g/mol. The number of benzene rings is 1. The van der Waals surface area contributed by atoms with Crippen LogP contribution in [0.1, 0.15) is 19.4 Å². The summed E-state index contributed by atoms with van der Waals surface area (Å²) in [6, 6.07) is 6.65. The third-order valence-electron chi connectivity index (χ3n) is 3.18. The molecule has 0 saturated carbocycles. The first-order valence-corrected chi connectivity index (χ1v) is 6.93. The molecule has 0 atom stereocenters. The third-order valence-corrected chi connectivity index (χ3v) is 3.59. The van der Waals surface area contributed by atoms with Crippen LogP contribution in [-0.2, 0) is 0 Å².